The minimum absolute atomic E-state index is 0.140. The number of ether oxygens (including phenoxy) is 1. The van der Waals surface area contributed by atoms with Gasteiger partial charge in [-0.1, -0.05) is 45.0 Å². The van der Waals surface area contributed by atoms with E-state index in [0.29, 0.717) is 18.1 Å². The first kappa shape index (κ1) is 19.5. The van der Waals surface area contributed by atoms with Crippen LogP contribution in [0.2, 0.25) is 0 Å². The van der Waals surface area contributed by atoms with Crippen LogP contribution < -0.4 is 5.32 Å². The third-order valence-electron chi connectivity index (χ3n) is 4.69. The van der Waals surface area contributed by atoms with Crippen LogP contribution in [0.3, 0.4) is 0 Å². The lowest BCUT2D eigenvalue weighted by Crippen LogP contribution is -2.37. The van der Waals surface area contributed by atoms with E-state index in [1.54, 1.807) is 0 Å². The van der Waals surface area contributed by atoms with Crippen molar-refractivity contribution in [1.82, 2.24) is 5.32 Å². The molecule has 0 heterocycles. The lowest BCUT2D eigenvalue weighted by Gasteiger charge is -2.26. The summed E-state index contributed by atoms with van der Waals surface area (Å²) in [6.45, 7) is 16.5. The van der Waals surface area contributed by atoms with Crippen molar-refractivity contribution in [3.8, 4) is 0 Å². The zero-order valence-electron chi connectivity index (χ0n) is 16.8. The molecule has 0 saturated heterocycles. The number of nitrogens with one attached hydrogen (secondary N) is 1. The van der Waals surface area contributed by atoms with Crippen LogP contribution in [0.15, 0.2) is 24.3 Å². The SMILES string of the molecule is CC(NC(C)(C)C)c1ccc(C2CC[C@@H](OCC(C)(C)C)C2)cc1. The summed E-state index contributed by atoms with van der Waals surface area (Å²) in [7, 11) is 0. The third-order valence-corrected chi connectivity index (χ3v) is 4.69. The second-order valence-electron chi connectivity index (χ2n) is 9.79. The van der Waals surface area contributed by atoms with Gasteiger partial charge in [-0.3, -0.25) is 0 Å². The molecule has 0 aliphatic heterocycles. The number of rotatable bonds is 5. The summed E-state index contributed by atoms with van der Waals surface area (Å²) in [5.41, 5.74) is 3.24. The zero-order valence-corrected chi connectivity index (χ0v) is 16.8. The van der Waals surface area contributed by atoms with Crippen molar-refractivity contribution in [2.24, 2.45) is 5.41 Å². The highest BCUT2D eigenvalue weighted by atomic mass is 16.5. The van der Waals surface area contributed by atoms with Gasteiger partial charge in [0.1, 0.15) is 0 Å². The molecule has 0 radical (unpaired) electrons. The van der Waals surface area contributed by atoms with Crippen molar-refractivity contribution in [2.75, 3.05) is 6.61 Å². The number of hydrogen-bond donors (Lipinski definition) is 1. The summed E-state index contributed by atoms with van der Waals surface area (Å²) in [5.74, 6) is 0.662. The van der Waals surface area contributed by atoms with Crippen molar-refractivity contribution in [2.45, 2.75) is 91.3 Å². The van der Waals surface area contributed by atoms with Gasteiger partial charge in [-0.15, -0.1) is 0 Å². The normalized spacial score (nSPS) is 23.5. The van der Waals surface area contributed by atoms with Gasteiger partial charge < -0.3 is 10.1 Å². The molecule has 1 aliphatic rings. The Morgan fingerprint density at radius 1 is 1.04 bits per heavy atom. The number of benzene rings is 1. The highest BCUT2D eigenvalue weighted by Crippen LogP contribution is 2.37. The average Bonchev–Trinajstić information content (AvgIpc) is 2.92. The van der Waals surface area contributed by atoms with Gasteiger partial charge >= 0.3 is 0 Å². The second-order valence-corrected chi connectivity index (χ2v) is 9.79. The topological polar surface area (TPSA) is 21.3 Å². The summed E-state index contributed by atoms with van der Waals surface area (Å²) >= 11 is 0. The molecule has 24 heavy (non-hydrogen) atoms. The maximum absolute atomic E-state index is 6.13. The quantitative estimate of drug-likeness (QED) is 0.732. The van der Waals surface area contributed by atoms with E-state index in [0.717, 1.165) is 6.61 Å². The van der Waals surface area contributed by atoms with Crippen molar-refractivity contribution in [3.63, 3.8) is 0 Å². The predicted molar refractivity (Wildman–Crippen MR) is 104 cm³/mol. The van der Waals surface area contributed by atoms with Crippen LogP contribution in [0.4, 0.5) is 0 Å². The van der Waals surface area contributed by atoms with Crippen LogP contribution in [-0.2, 0) is 4.74 Å². The van der Waals surface area contributed by atoms with Crippen LogP contribution in [0.5, 0.6) is 0 Å². The molecule has 136 valence electrons. The number of hydrogen-bond acceptors (Lipinski definition) is 2. The smallest absolute Gasteiger partial charge is 0.0581 e. The minimum atomic E-state index is 0.140. The van der Waals surface area contributed by atoms with Crippen LogP contribution in [-0.4, -0.2) is 18.2 Å². The lowest BCUT2D eigenvalue weighted by molar-refractivity contribution is 0.0121. The summed E-state index contributed by atoms with van der Waals surface area (Å²) in [6, 6.07) is 9.62. The van der Waals surface area contributed by atoms with Gasteiger partial charge in [0.15, 0.2) is 0 Å². The Morgan fingerprint density at radius 3 is 2.21 bits per heavy atom. The van der Waals surface area contributed by atoms with Crippen molar-refractivity contribution < 1.29 is 4.74 Å². The van der Waals surface area contributed by atoms with Crippen molar-refractivity contribution in [1.29, 1.82) is 0 Å². The van der Waals surface area contributed by atoms with Gasteiger partial charge in [0.2, 0.25) is 0 Å². The largest absolute Gasteiger partial charge is 0.378 e. The summed E-state index contributed by atoms with van der Waals surface area (Å²) in [5, 5.41) is 3.64. The fraction of sp³-hybridized carbons (Fsp3) is 0.727. The Kier molecular flexibility index (Phi) is 6.14. The summed E-state index contributed by atoms with van der Waals surface area (Å²) in [4.78, 5) is 0. The van der Waals surface area contributed by atoms with Crippen molar-refractivity contribution in [3.05, 3.63) is 35.4 Å². The first-order valence-corrected chi connectivity index (χ1v) is 9.53. The van der Waals surface area contributed by atoms with Gasteiger partial charge in [-0.25, -0.2) is 0 Å². The molecule has 2 unspecified atom stereocenters. The second kappa shape index (κ2) is 7.58. The molecule has 0 bridgehead atoms. The Bertz CT molecular complexity index is 506. The highest BCUT2D eigenvalue weighted by Gasteiger charge is 2.27. The predicted octanol–water partition coefficient (Wildman–Crippen LogP) is 5.83. The zero-order chi connectivity index (χ0) is 18.0. The van der Waals surface area contributed by atoms with Gasteiger partial charge in [0.25, 0.3) is 0 Å². The molecule has 1 N–H and O–H groups in total. The fourth-order valence-electron chi connectivity index (χ4n) is 3.55. The Hall–Kier alpha value is -0.860. The summed E-state index contributed by atoms with van der Waals surface area (Å²) in [6.07, 6.45) is 4.06. The Morgan fingerprint density at radius 2 is 1.67 bits per heavy atom. The van der Waals surface area contributed by atoms with E-state index in [9.17, 15) is 0 Å². The van der Waals surface area contributed by atoms with Gasteiger partial charge in [-0.2, -0.15) is 0 Å². The third kappa shape index (κ3) is 6.22. The van der Waals surface area contributed by atoms with E-state index in [1.807, 2.05) is 0 Å². The molecular weight excluding hydrogens is 294 g/mol. The van der Waals surface area contributed by atoms with Gasteiger partial charge in [0, 0.05) is 11.6 Å². The molecule has 2 heteroatoms. The lowest BCUT2D eigenvalue weighted by atomic mass is 9.94. The fourth-order valence-corrected chi connectivity index (χ4v) is 3.55. The van der Waals surface area contributed by atoms with E-state index >= 15 is 0 Å². The van der Waals surface area contributed by atoms with Gasteiger partial charge in [-0.05, 0) is 69.4 Å². The maximum atomic E-state index is 6.13. The molecule has 0 amide bonds. The minimum Gasteiger partial charge on any atom is -0.378 e. The summed E-state index contributed by atoms with van der Waals surface area (Å²) < 4.78 is 6.13. The Balaban J connectivity index is 1.90. The Labute approximate surface area is 149 Å². The molecule has 0 aromatic heterocycles. The van der Waals surface area contributed by atoms with Crippen LogP contribution in [0, 0.1) is 5.41 Å². The van der Waals surface area contributed by atoms with Crippen LogP contribution in [0.1, 0.15) is 90.8 Å². The molecule has 1 fully saturated rings. The molecule has 3 atom stereocenters. The molecule has 1 aromatic rings. The van der Waals surface area contributed by atoms with E-state index in [1.165, 1.54) is 30.4 Å². The molecule has 2 rings (SSSR count). The van der Waals surface area contributed by atoms with E-state index < -0.39 is 0 Å². The van der Waals surface area contributed by atoms with E-state index in [-0.39, 0.29) is 11.0 Å². The van der Waals surface area contributed by atoms with E-state index in [4.69, 9.17) is 4.74 Å². The monoisotopic (exact) mass is 331 g/mol. The average molecular weight is 332 g/mol. The molecule has 1 saturated carbocycles. The van der Waals surface area contributed by atoms with Crippen molar-refractivity contribution >= 4 is 0 Å². The van der Waals surface area contributed by atoms with Crippen LogP contribution in [0.25, 0.3) is 0 Å². The molecule has 1 aromatic carbocycles. The molecular formula is C22H37NO. The first-order chi connectivity index (χ1) is 11.0. The highest BCUT2D eigenvalue weighted by molar-refractivity contribution is 5.28. The first-order valence-electron chi connectivity index (χ1n) is 9.53. The maximum Gasteiger partial charge on any atom is 0.0581 e. The van der Waals surface area contributed by atoms with E-state index in [2.05, 4.69) is 78.0 Å². The molecule has 0 spiro atoms. The molecule has 2 nitrogen and oxygen atoms in total. The van der Waals surface area contributed by atoms with Crippen LogP contribution >= 0.6 is 0 Å². The molecule has 1 aliphatic carbocycles. The standard InChI is InChI=1S/C22H37NO/c1-16(23-22(5,6)7)17-8-10-18(11-9-17)19-12-13-20(14-19)24-15-21(2,3)4/h8-11,16,19-20,23H,12-15H2,1-7H3/t16?,19?,20-/m1/s1. The van der Waals surface area contributed by atoms with Gasteiger partial charge in [0.05, 0.1) is 12.7 Å².